The first-order valence-corrected chi connectivity index (χ1v) is 6.76. The van der Waals surface area contributed by atoms with Crippen molar-refractivity contribution in [2.75, 3.05) is 0 Å². The SMILES string of the molecule is O=[PH](c1ccccc1)c1ccccc1.[N-]=[N+]=N.[N-]=[N+]=[N-]. The quantitative estimate of drug-likeness (QED) is 0.380. The van der Waals surface area contributed by atoms with E-state index in [4.69, 9.17) is 22.1 Å². The average molecular weight is 287 g/mol. The summed E-state index contributed by atoms with van der Waals surface area (Å²) in [7, 11) is -1.79. The van der Waals surface area contributed by atoms with E-state index in [9.17, 15) is 4.57 Å². The maximum atomic E-state index is 12.0. The normalized spacial score (nSPS) is 8.05. The van der Waals surface area contributed by atoms with Crippen molar-refractivity contribution in [3.05, 3.63) is 87.1 Å². The maximum Gasteiger partial charge on any atom is 0.131 e. The molecule has 0 aromatic heterocycles. The van der Waals surface area contributed by atoms with Gasteiger partial charge >= 0.3 is 0 Å². The van der Waals surface area contributed by atoms with Gasteiger partial charge in [0, 0.05) is 10.6 Å². The number of hydrogen-bond donors (Lipinski definition) is 1. The molecule has 8 heteroatoms. The van der Waals surface area contributed by atoms with Crippen LogP contribution in [0.25, 0.3) is 26.4 Å². The first kappa shape index (κ1) is 17.3. The van der Waals surface area contributed by atoms with Gasteiger partial charge in [-0.2, -0.15) is 0 Å². The van der Waals surface area contributed by atoms with E-state index >= 15 is 0 Å². The van der Waals surface area contributed by atoms with Crippen LogP contribution >= 0.6 is 7.80 Å². The van der Waals surface area contributed by atoms with Gasteiger partial charge in [-0.1, -0.05) is 60.7 Å². The molecule has 20 heavy (non-hydrogen) atoms. The topological polar surface area (TPSA) is 136 Å². The van der Waals surface area contributed by atoms with E-state index in [0.29, 0.717) is 0 Å². The van der Waals surface area contributed by atoms with Gasteiger partial charge < -0.3 is 15.6 Å². The Labute approximate surface area is 116 Å². The number of hydrogen-bond acceptors (Lipinski definition) is 2. The van der Waals surface area contributed by atoms with Crippen LogP contribution in [0.5, 0.6) is 0 Å². The predicted molar refractivity (Wildman–Crippen MR) is 80.7 cm³/mol. The Balaban J connectivity index is 0.000000520. The Hall–Kier alpha value is -2.71. The highest BCUT2D eigenvalue weighted by Crippen LogP contribution is 2.18. The lowest BCUT2D eigenvalue weighted by molar-refractivity contribution is 0.598. The fourth-order valence-electron chi connectivity index (χ4n) is 1.35. The summed E-state index contributed by atoms with van der Waals surface area (Å²) in [6.45, 7) is 0. The second-order valence-corrected chi connectivity index (χ2v) is 5.06. The monoisotopic (exact) mass is 287 g/mol. The average Bonchev–Trinajstić information content (AvgIpc) is 2.50. The summed E-state index contributed by atoms with van der Waals surface area (Å²) in [5.41, 5.74) is 25.8. The Morgan fingerprint density at radius 3 is 1.30 bits per heavy atom. The lowest BCUT2D eigenvalue weighted by Crippen LogP contribution is -2.04. The van der Waals surface area contributed by atoms with Crippen LogP contribution in [0.2, 0.25) is 0 Å². The van der Waals surface area contributed by atoms with Crippen LogP contribution in [-0.2, 0) is 4.57 Å². The van der Waals surface area contributed by atoms with Crippen LogP contribution in [0.15, 0.2) is 60.7 Å². The van der Waals surface area contributed by atoms with Crippen LogP contribution in [0, 0.1) is 5.53 Å². The van der Waals surface area contributed by atoms with Gasteiger partial charge in [-0.05, 0) is 10.4 Å². The lowest BCUT2D eigenvalue weighted by atomic mass is 10.4. The standard InChI is InChI=1S/C12H11OP.HN3.N3/c13-14(11-7-3-1-4-8-11)12-9-5-2-6-10-12;2*1-3-2/h1-10,14H;1H;/q;;-1. The van der Waals surface area contributed by atoms with Crippen LogP contribution in [0.3, 0.4) is 0 Å². The Morgan fingerprint density at radius 1 is 0.800 bits per heavy atom. The van der Waals surface area contributed by atoms with Gasteiger partial charge in [0.05, 0.1) is 0 Å². The predicted octanol–water partition coefficient (Wildman–Crippen LogP) is 3.94. The molecule has 102 valence electrons. The highest BCUT2D eigenvalue weighted by molar-refractivity contribution is 7.61. The number of nitrogens with zero attached hydrogens (tertiary/aromatic N) is 5. The summed E-state index contributed by atoms with van der Waals surface area (Å²) in [5, 5.41) is 1.84. The third-order valence-corrected chi connectivity index (χ3v) is 3.79. The third-order valence-electron chi connectivity index (χ3n) is 2.07. The minimum Gasteiger partial charge on any atom is -0.373 e. The van der Waals surface area contributed by atoms with E-state index in [-0.39, 0.29) is 0 Å². The summed E-state index contributed by atoms with van der Waals surface area (Å²) in [4.78, 5) is 3.25. The van der Waals surface area contributed by atoms with Crippen LogP contribution in [0.4, 0.5) is 0 Å². The number of nitrogens with one attached hydrogen (secondary N) is 1. The van der Waals surface area contributed by atoms with Crippen molar-refractivity contribution in [3.63, 3.8) is 0 Å². The molecule has 0 spiro atoms. The first-order chi connectivity index (χ1) is 9.71. The molecular weight excluding hydrogens is 275 g/mol. The fourth-order valence-corrected chi connectivity index (χ4v) is 2.67. The van der Waals surface area contributed by atoms with E-state index in [2.05, 4.69) is 0 Å². The Kier molecular flexibility index (Phi) is 9.84. The van der Waals surface area contributed by atoms with Gasteiger partial charge in [0.15, 0.2) is 0 Å². The molecule has 0 saturated heterocycles. The molecule has 0 atom stereocenters. The second kappa shape index (κ2) is 11.4. The number of rotatable bonds is 2. The van der Waals surface area contributed by atoms with Crippen molar-refractivity contribution in [1.82, 2.24) is 0 Å². The molecule has 2 aromatic carbocycles. The molecule has 2 aromatic rings. The first-order valence-electron chi connectivity index (χ1n) is 5.35. The smallest absolute Gasteiger partial charge is 0.131 e. The zero-order valence-electron chi connectivity index (χ0n) is 10.4. The minimum atomic E-state index is -1.79. The van der Waals surface area contributed by atoms with E-state index < -0.39 is 7.80 Å². The molecule has 0 saturated carbocycles. The molecule has 0 aliphatic carbocycles. The van der Waals surface area contributed by atoms with Gasteiger partial charge in [0.2, 0.25) is 0 Å². The molecule has 0 unspecified atom stereocenters. The summed E-state index contributed by atoms with van der Waals surface area (Å²) in [6.07, 6.45) is 0. The molecule has 1 N–H and O–H groups in total. The second-order valence-electron chi connectivity index (χ2n) is 3.25. The van der Waals surface area contributed by atoms with Crippen LogP contribution in [-0.4, -0.2) is 0 Å². The third kappa shape index (κ3) is 6.89. The highest BCUT2D eigenvalue weighted by Gasteiger charge is 2.03. The summed E-state index contributed by atoms with van der Waals surface area (Å²) in [6, 6.07) is 19.2. The molecule has 0 amide bonds. The van der Waals surface area contributed by atoms with E-state index in [1.807, 2.05) is 60.7 Å². The molecule has 2 rings (SSSR count). The van der Waals surface area contributed by atoms with Gasteiger partial charge in [-0.3, -0.25) is 4.91 Å². The van der Waals surface area contributed by atoms with Gasteiger partial charge in [-0.25, -0.2) is 0 Å². The highest BCUT2D eigenvalue weighted by atomic mass is 31.1. The molecule has 0 heterocycles. The van der Waals surface area contributed by atoms with Gasteiger partial charge in [0.25, 0.3) is 0 Å². The van der Waals surface area contributed by atoms with Gasteiger partial charge in [-0.15, -0.1) is 5.53 Å². The van der Waals surface area contributed by atoms with Crippen LogP contribution < -0.4 is 10.6 Å². The Morgan fingerprint density at radius 2 is 1.05 bits per heavy atom. The molecule has 0 aliphatic heterocycles. The molecule has 7 nitrogen and oxygen atoms in total. The molecule has 0 aliphatic rings. The molecular formula is C12H12N6OP-. The zero-order valence-corrected chi connectivity index (χ0v) is 11.4. The van der Waals surface area contributed by atoms with Crippen molar-refractivity contribution < 1.29 is 4.57 Å². The van der Waals surface area contributed by atoms with E-state index in [1.165, 1.54) is 4.91 Å². The van der Waals surface area contributed by atoms with Crippen molar-refractivity contribution >= 4 is 18.4 Å². The van der Waals surface area contributed by atoms with Crippen molar-refractivity contribution in [3.8, 4) is 0 Å². The van der Waals surface area contributed by atoms with Gasteiger partial charge in [0.1, 0.15) is 7.80 Å². The lowest BCUT2D eigenvalue weighted by Gasteiger charge is -2.01. The molecule has 0 radical (unpaired) electrons. The van der Waals surface area contributed by atoms with E-state index in [0.717, 1.165) is 10.6 Å². The van der Waals surface area contributed by atoms with E-state index in [1.54, 1.807) is 4.91 Å². The maximum absolute atomic E-state index is 12.0. The van der Waals surface area contributed by atoms with Crippen molar-refractivity contribution in [1.29, 1.82) is 5.53 Å². The van der Waals surface area contributed by atoms with Crippen molar-refractivity contribution in [2.24, 2.45) is 0 Å². The number of benzene rings is 2. The van der Waals surface area contributed by atoms with Crippen molar-refractivity contribution in [2.45, 2.75) is 0 Å². The summed E-state index contributed by atoms with van der Waals surface area (Å²) in [5.74, 6) is 0. The summed E-state index contributed by atoms with van der Waals surface area (Å²) >= 11 is 0. The minimum absolute atomic E-state index is 0.920. The molecule has 0 fully saturated rings. The molecule has 0 bridgehead atoms. The largest absolute Gasteiger partial charge is 0.373 e. The fraction of sp³-hybridized carbons (Fsp3) is 0. The summed E-state index contributed by atoms with van der Waals surface area (Å²) < 4.78 is 12.0. The zero-order chi connectivity index (χ0) is 15.2. The Bertz CT molecular complexity index is 536. The van der Waals surface area contributed by atoms with Crippen LogP contribution in [0.1, 0.15) is 0 Å².